The molecule has 1 N–H and O–H groups in total. The molecular weight excluding hydrogens is 304 g/mol. The molecule has 0 spiro atoms. The van der Waals surface area contributed by atoms with Crippen LogP contribution in [0, 0.1) is 10.1 Å². The van der Waals surface area contributed by atoms with Gasteiger partial charge in [0.25, 0.3) is 11.6 Å². The molecule has 1 atom stereocenters. The lowest BCUT2D eigenvalue weighted by Gasteiger charge is -2.10. The Kier molecular flexibility index (Phi) is 4.55. The summed E-state index contributed by atoms with van der Waals surface area (Å²) in [4.78, 5) is 32.9. The Labute approximate surface area is 112 Å². The number of amides is 1. The van der Waals surface area contributed by atoms with Crippen molar-refractivity contribution in [2.24, 2.45) is 0 Å². The summed E-state index contributed by atoms with van der Waals surface area (Å²) in [6.07, 6.45) is 0. The molecule has 1 aromatic carbocycles. The number of nitro groups is 1. The van der Waals surface area contributed by atoms with Gasteiger partial charge in [-0.3, -0.25) is 19.7 Å². The van der Waals surface area contributed by atoms with E-state index >= 15 is 0 Å². The van der Waals surface area contributed by atoms with Gasteiger partial charge in [-0.1, -0.05) is 15.9 Å². The van der Waals surface area contributed by atoms with Gasteiger partial charge in [0.2, 0.25) is 0 Å². The topological polar surface area (TPSA) is 89.3 Å². The highest BCUT2D eigenvalue weighted by atomic mass is 79.9. The van der Waals surface area contributed by atoms with Crippen molar-refractivity contribution in [2.75, 3.05) is 0 Å². The van der Waals surface area contributed by atoms with Gasteiger partial charge in [0.15, 0.2) is 5.78 Å². The van der Waals surface area contributed by atoms with Crippen LogP contribution in [0.3, 0.4) is 0 Å². The number of hydrogen-bond acceptors (Lipinski definition) is 4. The van der Waals surface area contributed by atoms with E-state index in [1.165, 1.54) is 19.1 Å². The maximum Gasteiger partial charge on any atom is 0.271 e. The molecule has 1 aromatic rings. The Bertz CT molecular complexity index is 516. The zero-order valence-electron chi connectivity index (χ0n) is 9.77. The maximum atomic E-state index is 11.8. The maximum absolute atomic E-state index is 11.8. The molecule has 0 fully saturated rings. The van der Waals surface area contributed by atoms with Crippen LogP contribution in [0.4, 0.5) is 5.69 Å². The Morgan fingerprint density at radius 1 is 1.39 bits per heavy atom. The van der Waals surface area contributed by atoms with E-state index in [0.29, 0.717) is 4.47 Å². The van der Waals surface area contributed by atoms with Crippen LogP contribution in [0.5, 0.6) is 0 Å². The number of non-ortho nitro benzene ring substituents is 1. The summed E-state index contributed by atoms with van der Waals surface area (Å²) in [6, 6.07) is 3.28. The fourth-order valence-corrected chi connectivity index (χ4v) is 1.67. The first-order valence-electron chi connectivity index (χ1n) is 5.07. The number of carbonyl (C=O) groups is 2. The number of nitrogens with zero attached hydrogens (tertiary/aromatic N) is 1. The van der Waals surface area contributed by atoms with Gasteiger partial charge >= 0.3 is 0 Å². The van der Waals surface area contributed by atoms with Gasteiger partial charge < -0.3 is 5.32 Å². The molecule has 7 heteroatoms. The standard InChI is InChI=1S/C11H11BrN2O4/c1-6(7(2)15)13-11(16)8-3-9(12)5-10(4-8)14(17)18/h3-6H,1-2H3,(H,13,16). The summed E-state index contributed by atoms with van der Waals surface area (Å²) >= 11 is 3.09. The molecule has 0 bridgehead atoms. The van der Waals surface area contributed by atoms with Crippen molar-refractivity contribution < 1.29 is 14.5 Å². The first-order chi connectivity index (χ1) is 8.31. The van der Waals surface area contributed by atoms with Gasteiger partial charge in [-0.15, -0.1) is 0 Å². The second-order valence-electron chi connectivity index (χ2n) is 3.76. The van der Waals surface area contributed by atoms with Crippen molar-refractivity contribution in [1.29, 1.82) is 0 Å². The predicted molar refractivity (Wildman–Crippen MR) is 68.4 cm³/mol. The van der Waals surface area contributed by atoms with E-state index in [4.69, 9.17) is 0 Å². The molecule has 0 saturated carbocycles. The van der Waals surface area contributed by atoms with Crippen molar-refractivity contribution in [2.45, 2.75) is 19.9 Å². The van der Waals surface area contributed by atoms with Crippen LogP contribution in [0.15, 0.2) is 22.7 Å². The van der Waals surface area contributed by atoms with Gasteiger partial charge in [-0.25, -0.2) is 0 Å². The summed E-state index contributed by atoms with van der Waals surface area (Å²) in [7, 11) is 0. The number of nitro benzene ring substituents is 1. The lowest BCUT2D eigenvalue weighted by atomic mass is 10.1. The van der Waals surface area contributed by atoms with Crippen molar-refractivity contribution in [3.63, 3.8) is 0 Å². The predicted octanol–water partition coefficient (Wildman–Crippen LogP) is 2.06. The first-order valence-corrected chi connectivity index (χ1v) is 5.87. The minimum atomic E-state index is -0.629. The number of halogens is 1. The van der Waals surface area contributed by atoms with Crippen molar-refractivity contribution in [3.05, 3.63) is 38.3 Å². The summed E-state index contributed by atoms with van der Waals surface area (Å²) in [5.41, 5.74) is -0.0609. The molecule has 0 aliphatic carbocycles. The van der Waals surface area contributed by atoms with Gasteiger partial charge in [0.1, 0.15) is 0 Å². The molecule has 0 heterocycles. The third-order valence-corrected chi connectivity index (χ3v) is 2.77. The Morgan fingerprint density at radius 2 is 2.00 bits per heavy atom. The molecular formula is C11H11BrN2O4. The fraction of sp³-hybridized carbons (Fsp3) is 0.273. The minimum absolute atomic E-state index is 0.129. The number of nitrogens with one attached hydrogen (secondary N) is 1. The summed E-state index contributed by atoms with van der Waals surface area (Å²) < 4.78 is 0.428. The molecule has 0 saturated heterocycles. The smallest absolute Gasteiger partial charge is 0.271 e. The second kappa shape index (κ2) is 5.72. The lowest BCUT2D eigenvalue weighted by molar-refractivity contribution is -0.385. The van der Waals surface area contributed by atoms with E-state index in [1.54, 1.807) is 6.92 Å². The molecule has 1 amide bonds. The molecule has 96 valence electrons. The van der Waals surface area contributed by atoms with E-state index in [1.807, 2.05) is 0 Å². The number of benzene rings is 1. The summed E-state index contributed by atoms with van der Waals surface area (Å²) in [6.45, 7) is 2.90. The van der Waals surface area contributed by atoms with Gasteiger partial charge in [-0.05, 0) is 19.9 Å². The van der Waals surface area contributed by atoms with Crippen molar-refractivity contribution >= 4 is 33.3 Å². The van der Waals surface area contributed by atoms with Crippen LogP contribution in [-0.4, -0.2) is 22.7 Å². The number of Topliss-reactive ketones (excluding diaryl/α,β-unsaturated/α-hetero) is 1. The highest BCUT2D eigenvalue weighted by Gasteiger charge is 2.16. The normalized spacial score (nSPS) is 11.7. The Balaban J connectivity index is 2.99. The second-order valence-corrected chi connectivity index (χ2v) is 4.68. The first kappa shape index (κ1) is 14.3. The number of carbonyl (C=O) groups excluding carboxylic acids is 2. The largest absolute Gasteiger partial charge is 0.343 e. The lowest BCUT2D eigenvalue weighted by Crippen LogP contribution is -2.37. The van der Waals surface area contributed by atoms with Crippen LogP contribution < -0.4 is 5.32 Å². The van der Waals surface area contributed by atoms with E-state index in [0.717, 1.165) is 6.07 Å². The summed E-state index contributed by atoms with van der Waals surface area (Å²) in [5.74, 6) is -0.713. The van der Waals surface area contributed by atoms with Crippen LogP contribution in [0.2, 0.25) is 0 Å². The number of hydrogen-bond donors (Lipinski definition) is 1. The van der Waals surface area contributed by atoms with Gasteiger partial charge in [-0.2, -0.15) is 0 Å². The molecule has 0 aromatic heterocycles. The monoisotopic (exact) mass is 314 g/mol. The zero-order chi connectivity index (χ0) is 13.9. The molecule has 18 heavy (non-hydrogen) atoms. The van der Waals surface area contributed by atoms with Crippen LogP contribution in [0.25, 0.3) is 0 Å². The zero-order valence-corrected chi connectivity index (χ0v) is 11.4. The SMILES string of the molecule is CC(=O)C(C)NC(=O)c1cc(Br)cc([N+](=O)[O-])c1. The molecule has 6 nitrogen and oxygen atoms in total. The van der Waals surface area contributed by atoms with Crippen LogP contribution in [0.1, 0.15) is 24.2 Å². The molecule has 0 aliphatic rings. The van der Waals surface area contributed by atoms with E-state index in [-0.39, 0.29) is 17.0 Å². The highest BCUT2D eigenvalue weighted by Crippen LogP contribution is 2.21. The molecule has 0 radical (unpaired) electrons. The Hall–Kier alpha value is -1.76. The van der Waals surface area contributed by atoms with Crippen molar-refractivity contribution in [1.82, 2.24) is 5.32 Å². The van der Waals surface area contributed by atoms with Gasteiger partial charge in [0, 0.05) is 22.2 Å². The molecule has 1 rings (SSSR count). The average Bonchev–Trinajstić information content (AvgIpc) is 2.27. The molecule has 0 aliphatic heterocycles. The quantitative estimate of drug-likeness (QED) is 0.680. The van der Waals surface area contributed by atoms with Crippen molar-refractivity contribution in [3.8, 4) is 0 Å². The van der Waals surface area contributed by atoms with Gasteiger partial charge in [0.05, 0.1) is 11.0 Å². The Morgan fingerprint density at radius 3 is 2.50 bits per heavy atom. The van der Waals surface area contributed by atoms with E-state index < -0.39 is 16.9 Å². The van der Waals surface area contributed by atoms with Crippen LogP contribution in [-0.2, 0) is 4.79 Å². The number of ketones is 1. The third kappa shape index (κ3) is 3.63. The third-order valence-electron chi connectivity index (χ3n) is 2.31. The van der Waals surface area contributed by atoms with Crippen LogP contribution >= 0.6 is 15.9 Å². The number of rotatable bonds is 4. The average molecular weight is 315 g/mol. The highest BCUT2D eigenvalue weighted by molar-refractivity contribution is 9.10. The minimum Gasteiger partial charge on any atom is -0.343 e. The summed E-state index contributed by atoms with van der Waals surface area (Å²) in [5, 5.41) is 13.1. The van der Waals surface area contributed by atoms with E-state index in [9.17, 15) is 19.7 Å². The fourth-order valence-electron chi connectivity index (χ4n) is 1.19. The molecule has 1 unspecified atom stereocenters. The van der Waals surface area contributed by atoms with E-state index in [2.05, 4.69) is 21.2 Å².